The average Bonchev–Trinajstić information content (AvgIpc) is 2.73. The number of methoxy groups -OCH3 is 1. The van der Waals surface area contributed by atoms with Crippen molar-refractivity contribution in [2.75, 3.05) is 12.4 Å². The molecule has 4 aromatic rings. The molecule has 0 saturated carbocycles. The summed E-state index contributed by atoms with van der Waals surface area (Å²) in [6.45, 7) is 0.369. The molecule has 5 heteroatoms. The summed E-state index contributed by atoms with van der Waals surface area (Å²) >= 11 is 0. The second kappa shape index (κ2) is 7.96. The Hall–Kier alpha value is -3.60. The van der Waals surface area contributed by atoms with E-state index in [0.29, 0.717) is 12.4 Å². The molecular weight excluding hydrogens is 355 g/mol. The van der Waals surface area contributed by atoms with Crippen LogP contribution in [0.25, 0.3) is 10.9 Å². The minimum absolute atomic E-state index is 0.255. The summed E-state index contributed by atoms with van der Waals surface area (Å²) in [6.07, 6.45) is 1.76. The van der Waals surface area contributed by atoms with Crippen LogP contribution < -0.4 is 14.8 Å². The molecule has 4 nitrogen and oxygen atoms in total. The van der Waals surface area contributed by atoms with Crippen molar-refractivity contribution in [3.8, 4) is 11.5 Å². The van der Waals surface area contributed by atoms with Gasteiger partial charge in [-0.05, 0) is 48.0 Å². The van der Waals surface area contributed by atoms with Crippen LogP contribution in [0.4, 0.5) is 15.8 Å². The Kier molecular flexibility index (Phi) is 5.06. The molecule has 0 aliphatic rings. The molecule has 0 unspecified atom stereocenters. The molecule has 0 aliphatic heterocycles. The third-order valence-electron chi connectivity index (χ3n) is 4.38. The van der Waals surface area contributed by atoms with Gasteiger partial charge in [-0.3, -0.25) is 4.98 Å². The molecule has 1 N–H and O–H groups in total. The van der Waals surface area contributed by atoms with E-state index in [1.165, 1.54) is 12.1 Å². The molecule has 0 saturated heterocycles. The number of hydrogen-bond acceptors (Lipinski definition) is 4. The van der Waals surface area contributed by atoms with E-state index in [2.05, 4.69) is 10.3 Å². The van der Waals surface area contributed by atoms with E-state index in [1.54, 1.807) is 25.4 Å². The number of nitrogens with one attached hydrogen (secondary N) is 1. The largest absolute Gasteiger partial charge is 0.497 e. The van der Waals surface area contributed by atoms with Crippen LogP contribution in [0, 0.1) is 5.82 Å². The molecule has 0 spiro atoms. The first-order valence-corrected chi connectivity index (χ1v) is 8.88. The second-order valence-corrected chi connectivity index (χ2v) is 6.31. The molecule has 0 radical (unpaired) electrons. The zero-order valence-electron chi connectivity index (χ0n) is 15.4. The Bertz CT molecular complexity index is 1100. The first-order valence-electron chi connectivity index (χ1n) is 8.88. The summed E-state index contributed by atoms with van der Waals surface area (Å²) in [4.78, 5) is 4.45. The van der Waals surface area contributed by atoms with E-state index >= 15 is 0 Å². The molecule has 0 aliphatic carbocycles. The minimum atomic E-state index is -0.255. The fourth-order valence-electron chi connectivity index (χ4n) is 2.93. The van der Waals surface area contributed by atoms with Gasteiger partial charge in [-0.1, -0.05) is 18.2 Å². The number of benzene rings is 3. The number of fused-ring (bicyclic) bond motifs is 1. The highest BCUT2D eigenvalue weighted by Gasteiger charge is 2.06. The molecule has 0 atom stereocenters. The Balaban J connectivity index is 1.54. The fraction of sp³-hybridized carbons (Fsp3) is 0.0870. The zero-order valence-corrected chi connectivity index (χ0v) is 15.4. The van der Waals surface area contributed by atoms with Crippen LogP contribution in [0.3, 0.4) is 0 Å². The van der Waals surface area contributed by atoms with Gasteiger partial charge in [0.1, 0.15) is 23.9 Å². The number of halogens is 1. The van der Waals surface area contributed by atoms with Crippen molar-refractivity contribution in [2.45, 2.75) is 6.61 Å². The lowest BCUT2D eigenvalue weighted by Gasteiger charge is -2.12. The number of nitrogens with zero attached hydrogens (tertiary/aromatic N) is 1. The third kappa shape index (κ3) is 4.04. The Morgan fingerprint density at radius 2 is 1.79 bits per heavy atom. The van der Waals surface area contributed by atoms with Gasteiger partial charge in [-0.25, -0.2) is 4.39 Å². The van der Waals surface area contributed by atoms with Crippen LogP contribution in [-0.2, 0) is 6.61 Å². The Morgan fingerprint density at radius 3 is 2.61 bits per heavy atom. The van der Waals surface area contributed by atoms with E-state index in [4.69, 9.17) is 9.47 Å². The van der Waals surface area contributed by atoms with Gasteiger partial charge in [-0.2, -0.15) is 0 Å². The second-order valence-electron chi connectivity index (χ2n) is 6.31. The molecule has 4 rings (SSSR count). The lowest BCUT2D eigenvalue weighted by Crippen LogP contribution is -1.97. The van der Waals surface area contributed by atoms with Crippen molar-refractivity contribution < 1.29 is 13.9 Å². The quantitative estimate of drug-likeness (QED) is 0.470. The van der Waals surface area contributed by atoms with Gasteiger partial charge < -0.3 is 14.8 Å². The highest BCUT2D eigenvalue weighted by atomic mass is 19.1. The molecule has 0 fully saturated rings. The maximum atomic E-state index is 13.0. The van der Waals surface area contributed by atoms with Crippen molar-refractivity contribution >= 4 is 22.3 Å². The van der Waals surface area contributed by atoms with Gasteiger partial charge in [0, 0.05) is 35.1 Å². The van der Waals surface area contributed by atoms with Crippen LogP contribution in [0.5, 0.6) is 11.5 Å². The molecule has 28 heavy (non-hydrogen) atoms. The summed E-state index contributed by atoms with van der Waals surface area (Å²) in [7, 11) is 1.65. The van der Waals surface area contributed by atoms with E-state index in [-0.39, 0.29) is 5.82 Å². The topological polar surface area (TPSA) is 43.4 Å². The molecule has 0 bridgehead atoms. The molecule has 140 valence electrons. The first kappa shape index (κ1) is 17.8. The standard InChI is InChI=1S/C23H19FN2O2/c1-27-19-4-2-3-18(13-19)26-22-11-12-25-23-14-20(9-10-21(22)23)28-15-16-5-7-17(24)8-6-16/h2-14H,15H2,1H3,(H,25,26). The third-order valence-corrected chi connectivity index (χ3v) is 4.38. The van der Waals surface area contributed by atoms with Gasteiger partial charge in [0.05, 0.1) is 12.6 Å². The van der Waals surface area contributed by atoms with Gasteiger partial charge in [0.25, 0.3) is 0 Å². The minimum Gasteiger partial charge on any atom is -0.497 e. The van der Waals surface area contributed by atoms with Crippen molar-refractivity contribution in [1.29, 1.82) is 0 Å². The molecule has 0 amide bonds. The van der Waals surface area contributed by atoms with E-state index in [1.807, 2.05) is 48.5 Å². The van der Waals surface area contributed by atoms with Gasteiger partial charge in [-0.15, -0.1) is 0 Å². The van der Waals surface area contributed by atoms with Crippen LogP contribution in [0.2, 0.25) is 0 Å². The van der Waals surface area contributed by atoms with Crippen molar-refractivity contribution in [3.63, 3.8) is 0 Å². The average molecular weight is 374 g/mol. The number of hydrogen-bond donors (Lipinski definition) is 1. The molecule has 3 aromatic carbocycles. The molecular formula is C23H19FN2O2. The van der Waals surface area contributed by atoms with Crippen LogP contribution >= 0.6 is 0 Å². The summed E-state index contributed by atoms with van der Waals surface area (Å²) in [5.41, 5.74) is 3.61. The number of pyridine rings is 1. The number of anilines is 2. The van der Waals surface area contributed by atoms with Gasteiger partial charge in [0.2, 0.25) is 0 Å². The number of aromatic nitrogens is 1. The lowest BCUT2D eigenvalue weighted by molar-refractivity contribution is 0.306. The first-order chi connectivity index (χ1) is 13.7. The molecule has 1 heterocycles. The van der Waals surface area contributed by atoms with Crippen LogP contribution in [0.15, 0.2) is 79.0 Å². The van der Waals surface area contributed by atoms with Gasteiger partial charge >= 0.3 is 0 Å². The highest BCUT2D eigenvalue weighted by molar-refractivity contribution is 5.93. The Labute approximate surface area is 162 Å². The monoisotopic (exact) mass is 374 g/mol. The lowest BCUT2D eigenvalue weighted by atomic mass is 10.1. The fourth-order valence-corrected chi connectivity index (χ4v) is 2.93. The highest BCUT2D eigenvalue weighted by Crippen LogP contribution is 2.29. The summed E-state index contributed by atoms with van der Waals surface area (Å²) < 4.78 is 24.1. The van der Waals surface area contributed by atoms with Crippen LogP contribution in [0.1, 0.15) is 5.56 Å². The summed E-state index contributed by atoms with van der Waals surface area (Å²) in [6, 6.07) is 21.8. The predicted octanol–water partition coefficient (Wildman–Crippen LogP) is 5.71. The van der Waals surface area contributed by atoms with Crippen LogP contribution in [-0.4, -0.2) is 12.1 Å². The van der Waals surface area contributed by atoms with Gasteiger partial charge in [0.15, 0.2) is 0 Å². The van der Waals surface area contributed by atoms with E-state index in [0.717, 1.165) is 33.6 Å². The number of ether oxygens (including phenoxy) is 2. The van der Waals surface area contributed by atoms with E-state index in [9.17, 15) is 4.39 Å². The van der Waals surface area contributed by atoms with Crippen molar-refractivity contribution in [3.05, 3.63) is 90.4 Å². The maximum Gasteiger partial charge on any atom is 0.123 e. The normalized spacial score (nSPS) is 10.6. The van der Waals surface area contributed by atoms with E-state index < -0.39 is 0 Å². The van der Waals surface area contributed by atoms with Crippen molar-refractivity contribution in [1.82, 2.24) is 4.98 Å². The smallest absolute Gasteiger partial charge is 0.123 e. The predicted molar refractivity (Wildman–Crippen MR) is 109 cm³/mol. The summed E-state index contributed by atoms with van der Waals surface area (Å²) in [5, 5.41) is 4.39. The molecule has 1 aromatic heterocycles. The SMILES string of the molecule is COc1cccc(Nc2ccnc3cc(OCc4ccc(F)cc4)ccc23)c1. The van der Waals surface area contributed by atoms with Crippen molar-refractivity contribution in [2.24, 2.45) is 0 Å². The summed E-state index contributed by atoms with van der Waals surface area (Å²) in [5.74, 6) is 1.25. The zero-order chi connectivity index (χ0) is 19.3. The maximum absolute atomic E-state index is 13.0. The number of rotatable bonds is 6. The Morgan fingerprint density at radius 1 is 0.929 bits per heavy atom.